The summed E-state index contributed by atoms with van der Waals surface area (Å²) < 4.78 is 18.9. The molecule has 6 heteroatoms. The first-order chi connectivity index (χ1) is 11.1. The van der Waals surface area contributed by atoms with Crippen LogP contribution in [0.15, 0.2) is 18.2 Å². The van der Waals surface area contributed by atoms with Crippen molar-refractivity contribution in [3.63, 3.8) is 0 Å². The Labute approximate surface area is 133 Å². The largest absolute Gasteiger partial charge is 0.375 e. The van der Waals surface area contributed by atoms with Gasteiger partial charge >= 0.3 is 0 Å². The number of nitrogens with one attached hydrogen (secondary N) is 1. The third-order valence-electron chi connectivity index (χ3n) is 5.06. The standard InChI is InChI=1S/C17H20FN3O2/c18-12-1-2-13-14(11-12)20-15(19-13)3-4-16(22)21-8-5-17(6-9-21)7-10-23-17/h1-2,11H,3-10H2,(H,19,20). The lowest BCUT2D eigenvalue weighted by atomic mass is 9.84. The Morgan fingerprint density at radius 3 is 2.83 bits per heavy atom. The lowest BCUT2D eigenvalue weighted by molar-refractivity contribution is -0.176. The maximum atomic E-state index is 13.2. The molecule has 0 unspecified atom stereocenters. The number of ether oxygens (including phenoxy) is 1. The van der Waals surface area contributed by atoms with E-state index < -0.39 is 0 Å². The van der Waals surface area contributed by atoms with E-state index in [1.165, 1.54) is 12.1 Å². The number of piperidine rings is 1. The van der Waals surface area contributed by atoms with E-state index >= 15 is 0 Å². The van der Waals surface area contributed by atoms with Crippen molar-refractivity contribution < 1.29 is 13.9 Å². The van der Waals surface area contributed by atoms with E-state index in [4.69, 9.17) is 4.74 Å². The van der Waals surface area contributed by atoms with Crippen LogP contribution in [0.4, 0.5) is 4.39 Å². The summed E-state index contributed by atoms with van der Waals surface area (Å²) in [4.78, 5) is 21.8. The molecule has 1 amide bonds. The van der Waals surface area contributed by atoms with Crippen LogP contribution in [0.25, 0.3) is 11.0 Å². The predicted octanol–water partition coefficient (Wildman–Crippen LogP) is 2.42. The molecule has 1 aromatic carbocycles. The van der Waals surface area contributed by atoms with Crippen molar-refractivity contribution in [1.82, 2.24) is 14.9 Å². The van der Waals surface area contributed by atoms with Gasteiger partial charge in [-0.1, -0.05) is 0 Å². The molecular weight excluding hydrogens is 297 g/mol. The Kier molecular flexibility index (Phi) is 3.56. The first-order valence-corrected chi connectivity index (χ1v) is 8.19. The van der Waals surface area contributed by atoms with Gasteiger partial charge < -0.3 is 14.6 Å². The van der Waals surface area contributed by atoms with Gasteiger partial charge in [-0.25, -0.2) is 9.37 Å². The van der Waals surface area contributed by atoms with E-state index in [1.54, 1.807) is 6.07 Å². The number of aryl methyl sites for hydroxylation is 1. The van der Waals surface area contributed by atoms with Gasteiger partial charge in [-0.3, -0.25) is 4.79 Å². The minimum Gasteiger partial charge on any atom is -0.375 e. The number of carbonyl (C=O) groups excluding carboxylic acids is 1. The number of fused-ring (bicyclic) bond motifs is 1. The van der Waals surface area contributed by atoms with Gasteiger partial charge in [0.1, 0.15) is 11.6 Å². The molecule has 122 valence electrons. The van der Waals surface area contributed by atoms with Crippen LogP contribution in [0.5, 0.6) is 0 Å². The van der Waals surface area contributed by atoms with E-state index in [0.717, 1.165) is 50.3 Å². The topological polar surface area (TPSA) is 58.2 Å². The number of halogens is 1. The average Bonchev–Trinajstić information content (AvgIpc) is 2.93. The van der Waals surface area contributed by atoms with Crippen molar-refractivity contribution in [3.8, 4) is 0 Å². The summed E-state index contributed by atoms with van der Waals surface area (Å²) >= 11 is 0. The molecule has 23 heavy (non-hydrogen) atoms. The van der Waals surface area contributed by atoms with Gasteiger partial charge in [0, 0.05) is 25.9 Å². The number of benzene rings is 1. The first kappa shape index (κ1) is 14.6. The van der Waals surface area contributed by atoms with E-state index in [1.807, 2.05) is 4.90 Å². The molecule has 1 N–H and O–H groups in total. The minimum atomic E-state index is -0.288. The SMILES string of the molecule is O=C(CCc1nc2ccc(F)cc2[nH]1)N1CCC2(CCO2)CC1. The van der Waals surface area contributed by atoms with Crippen LogP contribution in [0.1, 0.15) is 31.5 Å². The van der Waals surface area contributed by atoms with E-state index in [2.05, 4.69) is 9.97 Å². The van der Waals surface area contributed by atoms with Gasteiger partial charge in [0.25, 0.3) is 0 Å². The van der Waals surface area contributed by atoms with Crippen molar-refractivity contribution in [2.24, 2.45) is 0 Å². The number of imidazole rings is 1. The Morgan fingerprint density at radius 2 is 2.13 bits per heavy atom. The van der Waals surface area contributed by atoms with Crippen LogP contribution in [0.2, 0.25) is 0 Å². The summed E-state index contributed by atoms with van der Waals surface area (Å²) in [5.41, 5.74) is 1.48. The van der Waals surface area contributed by atoms with E-state index in [9.17, 15) is 9.18 Å². The zero-order valence-electron chi connectivity index (χ0n) is 13.0. The van der Waals surface area contributed by atoms with Crippen molar-refractivity contribution >= 4 is 16.9 Å². The Hall–Kier alpha value is -1.95. The molecule has 0 atom stereocenters. The molecule has 0 radical (unpaired) electrons. The van der Waals surface area contributed by atoms with Crippen LogP contribution in [-0.4, -0.2) is 46.1 Å². The number of amides is 1. The third-order valence-corrected chi connectivity index (χ3v) is 5.06. The Morgan fingerprint density at radius 1 is 1.35 bits per heavy atom. The molecule has 4 rings (SSSR count). The summed E-state index contributed by atoms with van der Waals surface area (Å²) in [6, 6.07) is 4.47. The van der Waals surface area contributed by atoms with Crippen LogP contribution in [-0.2, 0) is 16.0 Å². The van der Waals surface area contributed by atoms with Gasteiger partial charge in [0.05, 0.1) is 23.2 Å². The summed E-state index contributed by atoms with van der Waals surface area (Å²) in [6.45, 7) is 2.43. The number of rotatable bonds is 3. The monoisotopic (exact) mass is 317 g/mol. The fraction of sp³-hybridized carbons (Fsp3) is 0.529. The molecule has 1 aromatic heterocycles. The van der Waals surface area contributed by atoms with Crippen molar-refractivity contribution in [1.29, 1.82) is 0 Å². The van der Waals surface area contributed by atoms with Crippen molar-refractivity contribution in [2.75, 3.05) is 19.7 Å². The minimum absolute atomic E-state index is 0.0690. The summed E-state index contributed by atoms with van der Waals surface area (Å²) in [5.74, 6) is 0.602. The van der Waals surface area contributed by atoms with Gasteiger partial charge in [0.2, 0.25) is 5.91 Å². The van der Waals surface area contributed by atoms with E-state index in [0.29, 0.717) is 18.4 Å². The lowest BCUT2D eigenvalue weighted by Gasteiger charge is -2.47. The zero-order valence-corrected chi connectivity index (χ0v) is 13.0. The normalized spacial score (nSPS) is 20.0. The lowest BCUT2D eigenvalue weighted by Crippen LogP contribution is -2.53. The van der Waals surface area contributed by atoms with Gasteiger partial charge in [-0.2, -0.15) is 0 Å². The smallest absolute Gasteiger partial charge is 0.223 e. The highest BCUT2D eigenvalue weighted by Gasteiger charge is 2.41. The fourth-order valence-electron chi connectivity index (χ4n) is 3.49. The molecule has 0 aliphatic carbocycles. The van der Waals surface area contributed by atoms with Gasteiger partial charge in [-0.15, -0.1) is 0 Å². The van der Waals surface area contributed by atoms with Crippen LogP contribution in [0.3, 0.4) is 0 Å². The highest BCUT2D eigenvalue weighted by atomic mass is 19.1. The maximum absolute atomic E-state index is 13.2. The number of aromatic nitrogens is 2. The fourth-order valence-corrected chi connectivity index (χ4v) is 3.49. The molecule has 1 spiro atoms. The molecule has 2 aromatic rings. The molecule has 2 aliphatic rings. The maximum Gasteiger partial charge on any atom is 0.223 e. The number of H-pyrrole nitrogens is 1. The highest BCUT2D eigenvalue weighted by Crippen LogP contribution is 2.36. The number of aromatic amines is 1. The number of hydrogen-bond acceptors (Lipinski definition) is 3. The summed E-state index contributed by atoms with van der Waals surface area (Å²) in [7, 11) is 0. The number of carbonyl (C=O) groups is 1. The molecule has 2 aliphatic heterocycles. The molecule has 5 nitrogen and oxygen atoms in total. The highest BCUT2D eigenvalue weighted by molar-refractivity contribution is 5.77. The molecule has 0 bridgehead atoms. The van der Waals surface area contributed by atoms with Crippen LogP contribution >= 0.6 is 0 Å². The van der Waals surface area contributed by atoms with Gasteiger partial charge in [0.15, 0.2) is 0 Å². The first-order valence-electron chi connectivity index (χ1n) is 8.19. The summed E-state index contributed by atoms with van der Waals surface area (Å²) in [6.07, 6.45) is 4.00. The van der Waals surface area contributed by atoms with E-state index in [-0.39, 0.29) is 17.3 Å². The predicted molar refractivity (Wildman–Crippen MR) is 83.5 cm³/mol. The number of nitrogens with zero attached hydrogens (tertiary/aromatic N) is 2. The van der Waals surface area contributed by atoms with Crippen LogP contribution < -0.4 is 0 Å². The van der Waals surface area contributed by atoms with Crippen molar-refractivity contribution in [3.05, 3.63) is 29.8 Å². The second kappa shape index (κ2) is 5.60. The number of likely N-dealkylation sites (tertiary alicyclic amines) is 1. The second-order valence-corrected chi connectivity index (χ2v) is 6.51. The zero-order chi connectivity index (χ0) is 15.9. The van der Waals surface area contributed by atoms with Crippen molar-refractivity contribution in [2.45, 2.75) is 37.7 Å². The molecular formula is C17H20FN3O2. The molecule has 2 fully saturated rings. The van der Waals surface area contributed by atoms with Crippen LogP contribution in [0, 0.1) is 5.82 Å². The Bertz CT molecular complexity index is 729. The molecule has 0 saturated carbocycles. The van der Waals surface area contributed by atoms with Gasteiger partial charge in [-0.05, 0) is 37.5 Å². The number of hydrogen-bond donors (Lipinski definition) is 1. The molecule has 2 saturated heterocycles. The third kappa shape index (κ3) is 2.83. The Balaban J connectivity index is 1.33. The quantitative estimate of drug-likeness (QED) is 0.946. The molecule has 3 heterocycles. The average molecular weight is 317 g/mol. The summed E-state index contributed by atoms with van der Waals surface area (Å²) in [5, 5.41) is 0. The second-order valence-electron chi connectivity index (χ2n) is 6.51.